The van der Waals surface area contributed by atoms with Gasteiger partial charge in [-0.3, -0.25) is 4.79 Å². The molecule has 2 aliphatic rings. The SMILES string of the molecule is Cl.NCCNS(=O)(=O)c1cccc(NC(=O)C2C3CCCC32)c1. The van der Waals surface area contributed by atoms with Crippen molar-refractivity contribution in [2.45, 2.75) is 24.2 Å². The fraction of sp³-hybridized carbons (Fsp3) is 0.533. The van der Waals surface area contributed by atoms with Crippen LogP contribution in [0, 0.1) is 17.8 Å². The standard InChI is InChI=1S/C15H21N3O3S.ClH/c16-7-8-17-22(20,21)11-4-1-3-10(9-11)18-15(19)14-12-5-2-6-13(12)14;/h1,3-4,9,12-14,17H,2,5-8,16H2,(H,18,19);1H. The van der Waals surface area contributed by atoms with E-state index in [1.54, 1.807) is 12.1 Å². The van der Waals surface area contributed by atoms with Gasteiger partial charge in [-0.25, -0.2) is 13.1 Å². The molecule has 0 radical (unpaired) electrons. The number of hydrogen-bond donors (Lipinski definition) is 3. The van der Waals surface area contributed by atoms with Crippen LogP contribution in [-0.4, -0.2) is 27.4 Å². The Kier molecular flexibility index (Phi) is 5.67. The first-order valence-electron chi connectivity index (χ1n) is 7.63. The van der Waals surface area contributed by atoms with Gasteiger partial charge in [0, 0.05) is 24.7 Å². The van der Waals surface area contributed by atoms with Crippen molar-refractivity contribution in [3.8, 4) is 0 Å². The van der Waals surface area contributed by atoms with Crippen molar-refractivity contribution >= 4 is 34.0 Å². The second kappa shape index (κ2) is 7.17. The third-order valence-electron chi connectivity index (χ3n) is 4.56. The van der Waals surface area contributed by atoms with Crippen molar-refractivity contribution in [2.24, 2.45) is 23.5 Å². The number of carbonyl (C=O) groups excluding carboxylic acids is 1. The summed E-state index contributed by atoms with van der Waals surface area (Å²) >= 11 is 0. The summed E-state index contributed by atoms with van der Waals surface area (Å²) in [6.07, 6.45) is 3.50. The van der Waals surface area contributed by atoms with Crippen LogP contribution in [-0.2, 0) is 14.8 Å². The number of halogens is 1. The lowest BCUT2D eigenvalue weighted by Gasteiger charge is -2.09. The molecule has 2 atom stereocenters. The maximum absolute atomic E-state index is 12.2. The number of anilines is 1. The number of benzene rings is 1. The number of hydrogen-bond acceptors (Lipinski definition) is 4. The first-order valence-corrected chi connectivity index (χ1v) is 9.12. The predicted octanol–water partition coefficient (Wildman–Crippen LogP) is 1.33. The molecule has 0 heterocycles. The van der Waals surface area contributed by atoms with Crippen LogP contribution in [0.2, 0.25) is 0 Å². The Balaban J connectivity index is 0.00000192. The molecule has 0 bridgehead atoms. The van der Waals surface area contributed by atoms with E-state index in [2.05, 4.69) is 10.0 Å². The zero-order chi connectivity index (χ0) is 15.7. The maximum Gasteiger partial charge on any atom is 0.240 e. The van der Waals surface area contributed by atoms with Crippen molar-refractivity contribution in [1.82, 2.24) is 4.72 Å². The topological polar surface area (TPSA) is 101 Å². The summed E-state index contributed by atoms with van der Waals surface area (Å²) in [7, 11) is -3.58. The van der Waals surface area contributed by atoms with E-state index in [0.717, 1.165) is 12.8 Å². The number of nitrogens with one attached hydrogen (secondary N) is 2. The zero-order valence-corrected chi connectivity index (χ0v) is 14.3. The lowest BCUT2D eigenvalue weighted by Crippen LogP contribution is -2.29. The van der Waals surface area contributed by atoms with Crippen LogP contribution in [0.15, 0.2) is 29.2 Å². The Hall–Kier alpha value is -1.15. The summed E-state index contributed by atoms with van der Waals surface area (Å²) in [5.41, 5.74) is 5.83. The van der Waals surface area contributed by atoms with Gasteiger partial charge in [0.1, 0.15) is 0 Å². The molecule has 1 aromatic rings. The van der Waals surface area contributed by atoms with E-state index in [-0.39, 0.29) is 42.2 Å². The van der Waals surface area contributed by atoms with Gasteiger partial charge in [-0.2, -0.15) is 0 Å². The number of amides is 1. The van der Waals surface area contributed by atoms with Gasteiger partial charge in [-0.1, -0.05) is 12.5 Å². The molecule has 23 heavy (non-hydrogen) atoms. The van der Waals surface area contributed by atoms with Gasteiger partial charge >= 0.3 is 0 Å². The highest BCUT2D eigenvalue weighted by molar-refractivity contribution is 7.89. The molecule has 4 N–H and O–H groups in total. The minimum atomic E-state index is -3.58. The molecule has 3 rings (SSSR count). The minimum absolute atomic E-state index is 0. The van der Waals surface area contributed by atoms with Gasteiger partial charge in [0.15, 0.2) is 0 Å². The van der Waals surface area contributed by atoms with Crippen LogP contribution >= 0.6 is 12.4 Å². The Morgan fingerprint density at radius 2 is 1.96 bits per heavy atom. The van der Waals surface area contributed by atoms with Gasteiger partial charge in [-0.15, -0.1) is 12.4 Å². The molecule has 1 amide bonds. The Morgan fingerprint density at radius 1 is 1.26 bits per heavy atom. The molecule has 6 nitrogen and oxygen atoms in total. The molecule has 0 spiro atoms. The Morgan fingerprint density at radius 3 is 2.61 bits per heavy atom. The van der Waals surface area contributed by atoms with Crippen molar-refractivity contribution in [1.29, 1.82) is 0 Å². The molecule has 2 saturated carbocycles. The molecular weight excluding hydrogens is 338 g/mol. The van der Waals surface area contributed by atoms with Crippen LogP contribution < -0.4 is 15.8 Å². The highest BCUT2D eigenvalue weighted by Gasteiger charge is 2.56. The number of sulfonamides is 1. The van der Waals surface area contributed by atoms with Crippen molar-refractivity contribution in [2.75, 3.05) is 18.4 Å². The largest absolute Gasteiger partial charge is 0.329 e. The van der Waals surface area contributed by atoms with Crippen LogP contribution in [0.25, 0.3) is 0 Å². The summed E-state index contributed by atoms with van der Waals surface area (Å²) in [5.74, 6) is 1.21. The summed E-state index contributed by atoms with van der Waals surface area (Å²) in [4.78, 5) is 12.4. The smallest absolute Gasteiger partial charge is 0.240 e. The molecule has 0 aliphatic heterocycles. The molecule has 0 aromatic heterocycles. The number of carbonyl (C=O) groups is 1. The lowest BCUT2D eigenvalue weighted by atomic mass is 10.1. The average Bonchev–Trinajstić information content (AvgIpc) is 2.99. The quantitative estimate of drug-likeness (QED) is 0.713. The van der Waals surface area contributed by atoms with E-state index in [4.69, 9.17) is 5.73 Å². The number of fused-ring (bicyclic) bond motifs is 1. The van der Waals surface area contributed by atoms with Crippen molar-refractivity contribution in [3.63, 3.8) is 0 Å². The normalized spacial score (nSPS) is 25.3. The van der Waals surface area contributed by atoms with Gasteiger partial charge in [0.25, 0.3) is 0 Å². The third kappa shape index (κ3) is 3.85. The van der Waals surface area contributed by atoms with Crippen molar-refractivity contribution in [3.05, 3.63) is 24.3 Å². The molecule has 128 valence electrons. The fourth-order valence-corrected chi connectivity index (χ4v) is 4.55. The maximum atomic E-state index is 12.2. The Labute approximate surface area is 142 Å². The molecule has 2 unspecified atom stereocenters. The molecule has 8 heteroatoms. The van der Waals surface area contributed by atoms with E-state index in [1.165, 1.54) is 18.6 Å². The molecule has 2 aliphatic carbocycles. The monoisotopic (exact) mass is 359 g/mol. The van der Waals surface area contributed by atoms with E-state index in [1.807, 2.05) is 0 Å². The summed E-state index contributed by atoms with van der Waals surface area (Å²) in [6.45, 7) is 0.421. The third-order valence-corrected chi connectivity index (χ3v) is 6.02. The molecular formula is C15H22ClN3O3S. The number of nitrogens with two attached hydrogens (primary N) is 1. The van der Waals surface area contributed by atoms with Crippen LogP contribution in [0.4, 0.5) is 5.69 Å². The van der Waals surface area contributed by atoms with E-state index < -0.39 is 10.0 Å². The van der Waals surface area contributed by atoms with E-state index >= 15 is 0 Å². The van der Waals surface area contributed by atoms with Gasteiger partial charge in [-0.05, 0) is 42.9 Å². The van der Waals surface area contributed by atoms with E-state index in [9.17, 15) is 13.2 Å². The first kappa shape index (κ1) is 18.2. The van der Waals surface area contributed by atoms with Gasteiger partial charge in [0.2, 0.25) is 15.9 Å². The fourth-order valence-electron chi connectivity index (χ4n) is 3.45. The summed E-state index contributed by atoms with van der Waals surface area (Å²) < 4.78 is 26.5. The minimum Gasteiger partial charge on any atom is -0.329 e. The second-order valence-electron chi connectivity index (χ2n) is 5.99. The van der Waals surface area contributed by atoms with Gasteiger partial charge in [0.05, 0.1) is 4.90 Å². The summed E-state index contributed by atoms with van der Waals surface area (Å²) in [6, 6.07) is 6.31. The second-order valence-corrected chi connectivity index (χ2v) is 7.75. The lowest BCUT2D eigenvalue weighted by molar-refractivity contribution is -0.118. The van der Waals surface area contributed by atoms with Crippen LogP contribution in [0.5, 0.6) is 0 Å². The predicted molar refractivity (Wildman–Crippen MR) is 90.9 cm³/mol. The summed E-state index contributed by atoms with van der Waals surface area (Å²) in [5, 5.41) is 2.85. The van der Waals surface area contributed by atoms with Gasteiger partial charge < -0.3 is 11.1 Å². The first-order chi connectivity index (χ1) is 10.5. The van der Waals surface area contributed by atoms with Crippen LogP contribution in [0.1, 0.15) is 19.3 Å². The highest BCUT2D eigenvalue weighted by atomic mass is 35.5. The molecule has 2 fully saturated rings. The zero-order valence-electron chi connectivity index (χ0n) is 12.7. The van der Waals surface area contributed by atoms with E-state index in [0.29, 0.717) is 17.5 Å². The molecule has 0 saturated heterocycles. The Bertz CT molecular complexity index is 670. The average molecular weight is 360 g/mol. The van der Waals surface area contributed by atoms with Crippen LogP contribution in [0.3, 0.4) is 0 Å². The van der Waals surface area contributed by atoms with Crippen molar-refractivity contribution < 1.29 is 13.2 Å². The number of rotatable bonds is 6. The molecule has 1 aromatic carbocycles. The highest BCUT2D eigenvalue weighted by Crippen LogP contribution is 2.57.